The van der Waals surface area contributed by atoms with Gasteiger partial charge in [-0.15, -0.1) is 0 Å². The van der Waals surface area contributed by atoms with E-state index in [9.17, 15) is 9.90 Å². The summed E-state index contributed by atoms with van der Waals surface area (Å²) in [6, 6.07) is 13.8. The van der Waals surface area contributed by atoms with E-state index in [0.717, 1.165) is 39.1 Å². The van der Waals surface area contributed by atoms with Gasteiger partial charge < -0.3 is 14.7 Å². The molecule has 1 atom stereocenters. The summed E-state index contributed by atoms with van der Waals surface area (Å²) in [4.78, 5) is 15.8. The molecule has 0 aromatic heterocycles. The third-order valence-corrected chi connectivity index (χ3v) is 5.82. The number of rotatable bonds is 5. The lowest BCUT2D eigenvalue weighted by Crippen LogP contribution is -2.28. The summed E-state index contributed by atoms with van der Waals surface area (Å²) in [6.07, 6.45) is 1.12. The van der Waals surface area contributed by atoms with Gasteiger partial charge in [0.1, 0.15) is 0 Å². The molecule has 1 N–H and O–H groups in total. The van der Waals surface area contributed by atoms with Crippen LogP contribution < -0.4 is 9.80 Å². The first-order valence-corrected chi connectivity index (χ1v) is 10.1. The molecule has 148 valence electrons. The van der Waals surface area contributed by atoms with Crippen LogP contribution in [0.2, 0.25) is 0 Å². The number of hydrogen-bond acceptors (Lipinski definition) is 3. The van der Waals surface area contributed by atoms with E-state index in [1.54, 1.807) is 0 Å². The van der Waals surface area contributed by atoms with Crippen LogP contribution in [0.4, 0.5) is 21.9 Å². The van der Waals surface area contributed by atoms with Gasteiger partial charge in [0, 0.05) is 31.3 Å². The molecule has 4 rings (SSSR count). The molecule has 2 aromatic carbocycles. The zero-order valence-corrected chi connectivity index (χ0v) is 16.6. The Morgan fingerprint density at radius 1 is 1.21 bits per heavy atom. The largest absolute Gasteiger partial charge is 0.464 e. The summed E-state index contributed by atoms with van der Waals surface area (Å²) in [7, 11) is 0. The fourth-order valence-corrected chi connectivity index (χ4v) is 4.20. The monoisotopic (exact) mass is 380 g/mol. The second-order valence-electron chi connectivity index (χ2n) is 8.10. The molecule has 0 bridgehead atoms. The van der Waals surface area contributed by atoms with Crippen molar-refractivity contribution in [3.8, 4) is 0 Å². The van der Waals surface area contributed by atoms with E-state index in [-0.39, 0.29) is 0 Å². The first-order chi connectivity index (χ1) is 13.5. The van der Waals surface area contributed by atoms with E-state index in [2.05, 4.69) is 24.8 Å². The highest BCUT2D eigenvalue weighted by Gasteiger charge is 2.26. The van der Waals surface area contributed by atoms with Gasteiger partial charge in [-0.2, -0.15) is 0 Å². The average molecular weight is 380 g/mol. The summed E-state index contributed by atoms with van der Waals surface area (Å²) in [5.41, 5.74) is 5.04. The van der Waals surface area contributed by atoms with Crippen LogP contribution in [0.3, 0.4) is 0 Å². The topological polar surface area (TPSA) is 53.0 Å². The molecular formula is C23H28N2O3. The fourth-order valence-electron chi connectivity index (χ4n) is 4.20. The molecule has 28 heavy (non-hydrogen) atoms. The zero-order chi connectivity index (χ0) is 19.7. The Labute approximate surface area is 166 Å². The lowest BCUT2D eigenvalue weighted by molar-refractivity contribution is 0.186. The Morgan fingerprint density at radius 3 is 2.61 bits per heavy atom. The highest BCUT2D eigenvalue weighted by molar-refractivity contribution is 5.95. The van der Waals surface area contributed by atoms with E-state index in [1.807, 2.05) is 36.4 Å². The highest BCUT2D eigenvalue weighted by Crippen LogP contribution is 2.35. The van der Waals surface area contributed by atoms with Crippen LogP contribution in [0.15, 0.2) is 42.5 Å². The number of anilines is 3. The molecule has 2 aromatic rings. The van der Waals surface area contributed by atoms with Gasteiger partial charge >= 0.3 is 6.09 Å². The van der Waals surface area contributed by atoms with Crippen molar-refractivity contribution >= 4 is 23.2 Å². The van der Waals surface area contributed by atoms with Gasteiger partial charge in [-0.1, -0.05) is 26.0 Å². The third-order valence-electron chi connectivity index (χ3n) is 5.82. The van der Waals surface area contributed by atoms with Gasteiger partial charge in [-0.05, 0) is 60.2 Å². The molecule has 5 nitrogen and oxygen atoms in total. The summed E-state index contributed by atoms with van der Waals surface area (Å²) >= 11 is 0. The SMILES string of the molecule is CC(C)c1ccc(N(C(=O)O)c2ccc3c(c2)CCN3CC2CCOC2)cc1. The fraction of sp³-hybridized carbons (Fsp3) is 0.435. The number of amides is 1. The predicted molar refractivity (Wildman–Crippen MR) is 112 cm³/mol. The average Bonchev–Trinajstić information content (AvgIpc) is 3.32. The molecule has 5 heteroatoms. The van der Waals surface area contributed by atoms with E-state index in [0.29, 0.717) is 23.2 Å². The van der Waals surface area contributed by atoms with Crippen molar-refractivity contribution < 1.29 is 14.6 Å². The van der Waals surface area contributed by atoms with Gasteiger partial charge in [0.15, 0.2) is 0 Å². The number of ether oxygens (including phenoxy) is 1. The zero-order valence-electron chi connectivity index (χ0n) is 16.6. The van der Waals surface area contributed by atoms with Gasteiger partial charge in [0.05, 0.1) is 18.0 Å². The molecule has 2 aliphatic heterocycles. The lowest BCUT2D eigenvalue weighted by Gasteiger charge is -2.24. The summed E-state index contributed by atoms with van der Waals surface area (Å²) in [5.74, 6) is 1.02. The molecule has 0 aliphatic carbocycles. The van der Waals surface area contributed by atoms with Crippen LogP contribution >= 0.6 is 0 Å². The van der Waals surface area contributed by atoms with Gasteiger partial charge in [-0.25, -0.2) is 9.69 Å². The summed E-state index contributed by atoms with van der Waals surface area (Å²) in [6.45, 7) is 8.00. The minimum atomic E-state index is -0.963. The van der Waals surface area contributed by atoms with Crippen molar-refractivity contribution in [1.82, 2.24) is 0 Å². The second kappa shape index (κ2) is 7.84. The van der Waals surface area contributed by atoms with Gasteiger partial charge in [-0.3, -0.25) is 0 Å². The van der Waals surface area contributed by atoms with Crippen LogP contribution in [0, 0.1) is 5.92 Å². The quantitative estimate of drug-likeness (QED) is 0.791. The molecule has 0 spiro atoms. The summed E-state index contributed by atoms with van der Waals surface area (Å²) in [5, 5.41) is 9.85. The van der Waals surface area contributed by atoms with Crippen molar-refractivity contribution in [2.45, 2.75) is 32.6 Å². The summed E-state index contributed by atoms with van der Waals surface area (Å²) < 4.78 is 5.51. The van der Waals surface area contributed by atoms with Crippen molar-refractivity contribution in [2.24, 2.45) is 5.92 Å². The van der Waals surface area contributed by atoms with Crippen molar-refractivity contribution in [3.05, 3.63) is 53.6 Å². The molecule has 1 amide bonds. The Hall–Kier alpha value is -2.53. The number of hydrogen-bond donors (Lipinski definition) is 1. The van der Waals surface area contributed by atoms with Crippen LogP contribution in [0.25, 0.3) is 0 Å². The number of nitrogens with zero attached hydrogens (tertiary/aromatic N) is 2. The predicted octanol–water partition coefficient (Wildman–Crippen LogP) is 5.03. The Balaban J connectivity index is 1.58. The molecule has 2 aliphatic rings. The van der Waals surface area contributed by atoms with E-state index >= 15 is 0 Å². The number of carboxylic acid groups (broad SMARTS) is 1. The molecular weight excluding hydrogens is 352 g/mol. The molecule has 0 saturated carbocycles. The molecule has 1 unspecified atom stereocenters. The number of benzene rings is 2. The maximum absolute atomic E-state index is 12.0. The van der Waals surface area contributed by atoms with E-state index in [4.69, 9.17) is 4.74 Å². The van der Waals surface area contributed by atoms with E-state index < -0.39 is 6.09 Å². The first kappa shape index (κ1) is 18.8. The third kappa shape index (κ3) is 3.72. The smallest absolute Gasteiger partial charge is 0.416 e. The normalized spacial score (nSPS) is 18.5. The molecule has 0 radical (unpaired) electrons. The lowest BCUT2D eigenvalue weighted by atomic mass is 10.0. The Morgan fingerprint density at radius 2 is 1.96 bits per heavy atom. The van der Waals surface area contributed by atoms with Crippen LogP contribution in [-0.4, -0.2) is 37.5 Å². The molecule has 1 saturated heterocycles. The standard InChI is InChI=1S/C23H28N2O3/c1-16(2)18-3-5-20(6-4-18)25(23(26)27)21-7-8-22-19(13-21)9-11-24(22)14-17-10-12-28-15-17/h3-8,13,16-17H,9-12,14-15H2,1-2H3,(H,26,27). The number of fused-ring (bicyclic) bond motifs is 1. The van der Waals surface area contributed by atoms with Gasteiger partial charge in [0.25, 0.3) is 0 Å². The molecule has 1 fully saturated rings. The maximum Gasteiger partial charge on any atom is 0.416 e. The van der Waals surface area contributed by atoms with E-state index in [1.165, 1.54) is 21.7 Å². The van der Waals surface area contributed by atoms with Crippen molar-refractivity contribution in [3.63, 3.8) is 0 Å². The minimum absolute atomic E-state index is 0.420. The van der Waals surface area contributed by atoms with Crippen LogP contribution in [0.5, 0.6) is 0 Å². The highest BCUT2D eigenvalue weighted by atomic mass is 16.5. The Kier molecular flexibility index (Phi) is 5.27. The molecule has 2 heterocycles. The number of carbonyl (C=O) groups is 1. The van der Waals surface area contributed by atoms with Gasteiger partial charge in [0.2, 0.25) is 0 Å². The van der Waals surface area contributed by atoms with Crippen LogP contribution in [0.1, 0.15) is 37.3 Å². The Bertz CT molecular complexity index is 841. The van der Waals surface area contributed by atoms with Crippen molar-refractivity contribution in [1.29, 1.82) is 0 Å². The first-order valence-electron chi connectivity index (χ1n) is 10.1. The van der Waals surface area contributed by atoms with Crippen LogP contribution in [-0.2, 0) is 11.2 Å². The maximum atomic E-state index is 12.0. The second-order valence-corrected chi connectivity index (χ2v) is 8.10. The minimum Gasteiger partial charge on any atom is -0.464 e. The van der Waals surface area contributed by atoms with Crippen molar-refractivity contribution in [2.75, 3.05) is 36.1 Å².